The third kappa shape index (κ3) is 2.41. The third-order valence-corrected chi connectivity index (χ3v) is 5.25. The van der Waals surface area contributed by atoms with Crippen molar-refractivity contribution in [1.82, 2.24) is 24.3 Å². The van der Waals surface area contributed by atoms with E-state index in [-0.39, 0.29) is 0 Å². The van der Waals surface area contributed by atoms with Gasteiger partial charge in [-0.2, -0.15) is 0 Å². The first-order valence-corrected chi connectivity index (χ1v) is 8.77. The van der Waals surface area contributed by atoms with Gasteiger partial charge in [-0.25, -0.2) is 4.98 Å². The Labute approximate surface area is 133 Å². The standard InChI is InChI=1S/C16H19N5S/c1-20-13-8-5-4-7-12(13)17-15(20)11-22-16-19-18-14-9-3-2-6-10-21(14)16/h4-5,7-8H,2-3,6,9-11H2,1H3. The summed E-state index contributed by atoms with van der Waals surface area (Å²) in [6, 6.07) is 8.26. The fourth-order valence-electron chi connectivity index (χ4n) is 3.02. The normalized spacial score (nSPS) is 15.0. The summed E-state index contributed by atoms with van der Waals surface area (Å²) in [6.07, 6.45) is 4.80. The zero-order valence-electron chi connectivity index (χ0n) is 12.7. The molecule has 0 radical (unpaired) electrons. The molecule has 0 aliphatic carbocycles. The Bertz CT molecular complexity index is 804. The molecule has 0 saturated carbocycles. The zero-order valence-corrected chi connectivity index (χ0v) is 13.5. The van der Waals surface area contributed by atoms with Crippen LogP contribution in [0.2, 0.25) is 0 Å². The molecular weight excluding hydrogens is 294 g/mol. The summed E-state index contributed by atoms with van der Waals surface area (Å²) in [7, 11) is 2.08. The molecule has 1 aromatic carbocycles. The van der Waals surface area contributed by atoms with Gasteiger partial charge in [0.25, 0.3) is 0 Å². The lowest BCUT2D eigenvalue weighted by molar-refractivity contribution is 0.590. The molecule has 1 aliphatic rings. The first-order valence-electron chi connectivity index (χ1n) is 7.78. The van der Waals surface area contributed by atoms with Crippen LogP contribution in [0.3, 0.4) is 0 Å². The molecule has 6 heteroatoms. The van der Waals surface area contributed by atoms with Crippen LogP contribution in [0.5, 0.6) is 0 Å². The Morgan fingerprint density at radius 1 is 1.14 bits per heavy atom. The molecule has 22 heavy (non-hydrogen) atoms. The van der Waals surface area contributed by atoms with Crippen LogP contribution < -0.4 is 0 Å². The minimum atomic E-state index is 0.823. The highest BCUT2D eigenvalue weighted by Gasteiger charge is 2.16. The van der Waals surface area contributed by atoms with Crippen molar-refractivity contribution in [3.63, 3.8) is 0 Å². The molecule has 114 valence electrons. The van der Waals surface area contributed by atoms with E-state index in [2.05, 4.69) is 44.6 Å². The average Bonchev–Trinajstić information content (AvgIpc) is 2.97. The molecule has 5 nitrogen and oxygen atoms in total. The molecule has 0 spiro atoms. The van der Waals surface area contributed by atoms with E-state index < -0.39 is 0 Å². The van der Waals surface area contributed by atoms with Crippen molar-refractivity contribution in [2.24, 2.45) is 7.05 Å². The van der Waals surface area contributed by atoms with Crippen LogP contribution >= 0.6 is 11.8 Å². The molecule has 0 bridgehead atoms. The highest BCUT2D eigenvalue weighted by molar-refractivity contribution is 7.98. The molecule has 0 fully saturated rings. The lowest BCUT2D eigenvalue weighted by Crippen LogP contribution is -2.03. The van der Waals surface area contributed by atoms with Crippen molar-refractivity contribution in [3.8, 4) is 0 Å². The monoisotopic (exact) mass is 313 g/mol. The third-order valence-electron chi connectivity index (χ3n) is 4.29. The second kappa shape index (κ2) is 5.76. The number of fused-ring (bicyclic) bond motifs is 2. The van der Waals surface area contributed by atoms with E-state index in [1.807, 2.05) is 6.07 Å². The lowest BCUT2D eigenvalue weighted by atomic mass is 10.2. The zero-order chi connectivity index (χ0) is 14.9. The van der Waals surface area contributed by atoms with Crippen molar-refractivity contribution < 1.29 is 0 Å². The largest absolute Gasteiger partial charge is 0.330 e. The van der Waals surface area contributed by atoms with Gasteiger partial charge in [-0.3, -0.25) is 0 Å². The number of para-hydroxylation sites is 2. The second-order valence-corrected chi connectivity index (χ2v) is 6.67. The maximum Gasteiger partial charge on any atom is 0.191 e. The van der Waals surface area contributed by atoms with Crippen LogP contribution in [0.4, 0.5) is 0 Å². The first kappa shape index (κ1) is 13.8. The van der Waals surface area contributed by atoms with Crippen LogP contribution in [0.25, 0.3) is 11.0 Å². The van der Waals surface area contributed by atoms with Gasteiger partial charge in [0.2, 0.25) is 0 Å². The van der Waals surface area contributed by atoms with E-state index in [1.54, 1.807) is 11.8 Å². The van der Waals surface area contributed by atoms with Crippen LogP contribution in [0.15, 0.2) is 29.4 Å². The fraction of sp³-hybridized carbons (Fsp3) is 0.438. The van der Waals surface area contributed by atoms with Gasteiger partial charge < -0.3 is 9.13 Å². The number of aromatic nitrogens is 5. The number of hydrogen-bond acceptors (Lipinski definition) is 4. The molecule has 3 aromatic rings. The summed E-state index contributed by atoms with van der Waals surface area (Å²) < 4.78 is 4.46. The van der Waals surface area contributed by atoms with Gasteiger partial charge in [0.1, 0.15) is 11.6 Å². The van der Waals surface area contributed by atoms with E-state index in [1.165, 1.54) is 24.8 Å². The van der Waals surface area contributed by atoms with Crippen molar-refractivity contribution in [3.05, 3.63) is 35.9 Å². The number of thioether (sulfide) groups is 1. The van der Waals surface area contributed by atoms with Crippen molar-refractivity contribution in [2.45, 2.75) is 43.1 Å². The highest BCUT2D eigenvalue weighted by Crippen LogP contribution is 2.25. The number of nitrogens with zero attached hydrogens (tertiary/aromatic N) is 5. The highest BCUT2D eigenvalue weighted by atomic mass is 32.2. The molecule has 3 heterocycles. The molecule has 4 rings (SSSR count). The summed E-state index contributed by atoms with van der Waals surface area (Å²) in [6.45, 7) is 1.05. The smallest absolute Gasteiger partial charge is 0.191 e. The first-order chi connectivity index (χ1) is 10.8. The summed E-state index contributed by atoms with van der Waals surface area (Å²) in [5.74, 6) is 3.05. The van der Waals surface area contributed by atoms with E-state index in [4.69, 9.17) is 4.98 Å². The maximum atomic E-state index is 4.73. The second-order valence-electron chi connectivity index (χ2n) is 5.73. The Morgan fingerprint density at radius 3 is 2.95 bits per heavy atom. The Kier molecular flexibility index (Phi) is 3.62. The van der Waals surface area contributed by atoms with Crippen molar-refractivity contribution in [2.75, 3.05) is 0 Å². The van der Waals surface area contributed by atoms with E-state index in [0.717, 1.165) is 41.0 Å². The summed E-state index contributed by atoms with van der Waals surface area (Å²) in [4.78, 5) is 4.73. The molecule has 0 amide bonds. The summed E-state index contributed by atoms with van der Waals surface area (Å²) >= 11 is 1.74. The lowest BCUT2D eigenvalue weighted by Gasteiger charge is -2.06. The Hall–Kier alpha value is -1.82. The number of benzene rings is 1. The molecule has 2 aromatic heterocycles. The van der Waals surface area contributed by atoms with Crippen molar-refractivity contribution >= 4 is 22.8 Å². The van der Waals surface area contributed by atoms with Gasteiger partial charge in [-0.05, 0) is 25.0 Å². The number of hydrogen-bond donors (Lipinski definition) is 0. The predicted molar refractivity (Wildman–Crippen MR) is 87.9 cm³/mol. The average molecular weight is 313 g/mol. The van der Waals surface area contributed by atoms with Gasteiger partial charge in [0, 0.05) is 20.0 Å². The maximum absolute atomic E-state index is 4.73. The van der Waals surface area contributed by atoms with Gasteiger partial charge in [-0.15, -0.1) is 10.2 Å². The Morgan fingerprint density at radius 2 is 2.05 bits per heavy atom. The molecule has 0 N–H and O–H groups in total. The predicted octanol–water partition coefficient (Wildman–Crippen LogP) is 3.18. The van der Waals surface area contributed by atoms with E-state index in [9.17, 15) is 0 Å². The number of aryl methyl sites for hydroxylation is 2. The quantitative estimate of drug-likeness (QED) is 0.697. The van der Waals surface area contributed by atoms with Crippen LogP contribution in [-0.4, -0.2) is 24.3 Å². The molecule has 0 saturated heterocycles. The van der Waals surface area contributed by atoms with Gasteiger partial charge in [0.15, 0.2) is 5.16 Å². The number of imidazole rings is 1. The summed E-state index contributed by atoms with van der Waals surface area (Å²) in [5.41, 5.74) is 2.24. The molecule has 1 aliphatic heterocycles. The Balaban J connectivity index is 1.57. The van der Waals surface area contributed by atoms with Crippen LogP contribution in [0.1, 0.15) is 30.9 Å². The SMILES string of the molecule is Cn1c(CSc2nnc3n2CCCCC3)nc2ccccc21. The van der Waals surface area contributed by atoms with Gasteiger partial charge in [-0.1, -0.05) is 30.3 Å². The van der Waals surface area contributed by atoms with E-state index >= 15 is 0 Å². The van der Waals surface area contributed by atoms with Gasteiger partial charge in [0.05, 0.1) is 16.8 Å². The summed E-state index contributed by atoms with van der Waals surface area (Å²) in [5, 5.41) is 9.77. The topological polar surface area (TPSA) is 48.5 Å². The molecule has 0 atom stereocenters. The molecular formula is C16H19N5S. The molecule has 0 unspecified atom stereocenters. The fourth-order valence-corrected chi connectivity index (χ4v) is 3.99. The van der Waals surface area contributed by atoms with E-state index in [0.29, 0.717) is 0 Å². The van der Waals surface area contributed by atoms with Gasteiger partial charge >= 0.3 is 0 Å². The van der Waals surface area contributed by atoms with Crippen LogP contribution in [0, 0.1) is 0 Å². The van der Waals surface area contributed by atoms with Crippen LogP contribution in [-0.2, 0) is 25.8 Å². The minimum Gasteiger partial charge on any atom is -0.330 e. The minimum absolute atomic E-state index is 0.823. The number of rotatable bonds is 3. The van der Waals surface area contributed by atoms with Crippen molar-refractivity contribution in [1.29, 1.82) is 0 Å².